The minimum Gasteiger partial charge on any atom is 0 e. The van der Waals surface area contributed by atoms with E-state index in [-0.39, 0.29) is 43.7 Å². The molecule has 10 aromatic rings. The number of hydrogen-bond donors (Lipinski definition) is 0. The van der Waals surface area contributed by atoms with Crippen LogP contribution in [0.5, 0.6) is 0 Å². The summed E-state index contributed by atoms with van der Waals surface area (Å²) in [6, 6.07) is 50.6. The Hall–Kier alpha value is -5.17. The molecule has 3 heterocycles. The molecular weight excluding hydrogens is 1060 g/mol. The molecule has 0 aliphatic carbocycles. The second-order valence-corrected chi connectivity index (χ2v) is 30.5. The van der Waals surface area contributed by atoms with E-state index >= 15 is 0 Å². The predicted molar refractivity (Wildman–Crippen MR) is 284 cm³/mol. The van der Waals surface area contributed by atoms with Crippen LogP contribution in [0.4, 0.5) is 0 Å². The maximum atomic E-state index is 8.61. The van der Waals surface area contributed by atoms with Gasteiger partial charge in [-0.2, -0.15) is 11.3 Å². The average Bonchev–Trinajstić information content (AvgIpc) is 3.91. The maximum Gasteiger partial charge on any atom is 0 e. The van der Waals surface area contributed by atoms with Crippen LogP contribution in [0.2, 0.25) is 17.3 Å². The molecular formula is C60H59GeIrN3S-2. The molecule has 0 aliphatic heterocycles. The summed E-state index contributed by atoms with van der Waals surface area (Å²) in [7, 11) is 0. The first-order chi connectivity index (χ1) is 34.0. The van der Waals surface area contributed by atoms with E-state index in [1.54, 1.807) is 12.3 Å². The second-order valence-electron chi connectivity index (χ2n) is 18.8. The summed E-state index contributed by atoms with van der Waals surface area (Å²) in [6.45, 7) is 10.3. The van der Waals surface area contributed by atoms with E-state index in [1.165, 1.54) is 65.0 Å². The van der Waals surface area contributed by atoms with Gasteiger partial charge < -0.3 is 4.57 Å². The Kier molecular flexibility index (Phi) is 11.5. The van der Waals surface area contributed by atoms with Gasteiger partial charge in [-0.15, -0.1) is 23.8 Å². The standard InChI is InChI=1S/C41H33N2S.C19H26GeN.Ir/c1-25(2)32-23-30(27-12-6-5-7-13-27)24-33(26(3)4)40(32)43-36-17-11-10-16-35(36)42-41(43)29-19-20-37-34(22-29)39-31-15-9-8-14-28(31)18-21-38(39)44-37;1-14(2)11-17-12-19(16-9-7-15(3)8-10-16)21-13-18(17)20(4,5)6;/h5-18,20-26H,1-4H3;7-9,12-14H,11H2,1-6H3;/q2*-1;/i;3D3,7D,8D,11D2;. The number of pyridine rings is 1. The van der Waals surface area contributed by atoms with Crippen molar-refractivity contribution in [3.05, 3.63) is 180 Å². The molecule has 6 heteroatoms. The number of benzene rings is 7. The van der Waals surface area contributed by atoms with E-state index in [4.69, 9.17) is 14.6 Å². The fraction of sp³-hybridized carbons (Fsp3) is 0.233. The van der Waals surface area contributed by atoms with Gasteiger partial charge in [0.05, 0.1) is 16.9 Å². The normalized spacial score (nSPS) is 13.8. The van der Waals surface area contributed by atoms with Crippen LogP contribution in [-0.2, 0) is 26.5 Å². The van der Waals surface area contributed by atoms with Crippen molar-refractivity contribution < 1.29 is 29.7 Å². The topological polar surface area (TPSA) is 30.7 Å². The molecule has 0 unspecified atom stereocenters. The molecule has 0 amide bonds. The molecule has 0 bridgehead atoms. The van der Waals surface area contributed by atoms with Crippen LogP contribution in [0.25, 0.3) is 81.4 Å². The minimum absolute atomic E-state index is 0. The molecule has 3 aromatic heterocycles. The van der Waals surface area contributed by atoms with Gasteiger partial charge in [-0.25, -0.2) is 0 Å². The van der Waals surface area contributed by atoms with Crippen LogP contribution in [0, 0.1) is 24.9 Å². The number of thiophene rings is 1. The zero-order valence-corrected chi connectivity index (χ0v) is 44.3. The van der Waals surface area contributed by atoms with Crippen LogP contribution in [0.15, 0.2) is 146 Å². The van der Waals surface area contributed by atoms with Gasteiger partial charge in [0.1, 0.15) is 0 Å². The van der Waals surface area contributed by atoms with E-state index in [0.29, 0.717) is 28.7 Å². The maximum absolute atomic E-state index is 8.61. The number of rotatable bonds is 9. The van der Waals surface area contributed by atoms with Crippen LogP contribution in [-0.4, -0.2) is 27.8 Å². The van der Waals surface area contributed by atoms with Gasteiger partial charge in [-0.1, -0.05) is 106 Å². The average molecular weight is 1130 g/mol. The Morgan fingerprint density at radius 2 is 1.45 bits per heavy atom. The fourth-order valence-electron chi connectivity index (χ4n) is 8.78. The molecule has 0 spiro atoms. The Bertz CT molecular complexity index is 3620. The summed E-state index contributed by atoms with van der Waals surface area (Å²) in [5.41, 5.74) is 10.5. The van der Waals surface area contributed by atoms with Crippen LogP contribution >= 0.6 is 11.3 Å². The summed E-state index contributed by atoms with van der Waals surface area (Å²) in [4.78, 5) is 9.77. The van der Waals surface area contributed by atoms with Crippen molar-refractivity contribution in [3.8, 4) is 39.5 Å². The molecule has 0 atom stereocenters. The number of nitrogens with zero attached hydrogens (tertiary/aromatic N) is 3. The van der Waals surface area contributed by atoms with Gasteiger partial charge in [-0.05, 0) is 85.3 Å². The first kappa shape index (κ1) is 38.9. The van der Waals surface area contributed by atoms with E-state index in [2.05, 4.69) is 182 Å². The molecule has 66 heavy (non-hydrogen) atoms. The van der Waals surface area contributed by atoms with Crippen LogP contribution < -0.4 is 4.40 Å². The minimum atomic E-state index is -2.55. The smallest absolute Gasteiger partial charge is 0 e. The molecule has 0 aliphatic rings. The number of para-hydroxylation sites is 2. The Morgan fingerprint density at radius 3 is 2.15 bits per heavy atom. The van der Waals surface area contributed by atoms with E-state index < -0.39 is 26.5 Å². The summed E-state index contributed by atoms with van der Waals surface area (Å²) < 4.78 is 61.7. The quantitative estimate of drug-likeness (QED) is 0.107. The number of imidazole rings is 1. The predicted octanol–water partition coefficient (Wildman–Crippen LogP) is 16.5. The molecule has 0 saturated heterocycles. The number of hydrogen-bond acceptors (Lipinski definition) is 3. The van der Waals surface area contributed by atoms with Crippen LogP contribution in [0.3, 0.4) is 0 Å². The van der Waals surface area contributed by atoms with Crippen molar-refractivity contribution in [2.24, 2.45) is 5.92 Å². The molecule has 1 radical (unpaired) electrons. The van der Waals surface area contributed by atoms with Crippen molar-refractivity contribution in [2.45, 2.75) is 83.9 Å². The Balaban J connectivity index is 0.000000214. The third-order valence-corrected chi connectivity index (χ3v) is 17.3. The van der Waals surface area contributed by atoms with Gasteiger partial charge in [0.25, 0.3) is 0 Å². The molecule has 0 N–H and O–H groups in total. The summed E-state index contributed by atoms with van der Waals surface area (Å²) in [5, 5.41) is 5.14. The molecule has 7 aromatic carbocycles. The van der Waals surface area contributed by atoms with Crippen molar-refractivity contribution >= 4 is 71.0 Å². The third-order valence-electron chi connectivity index (χ3n) is 12.0. The SMILES string of the molecule is CC(C)c1cc(-c2ccccc2)cc(C(C)C)c1-n1c(-c2[c-]cc3sc4ccc5ccccc5c4c3c2)nc2ccccc21.[2H]c1[c-]c(-c2cc(C([2H])([2H])C(C)C)[c]([Ge]([CH3])([CH3])[CH3])cn2)cc([2H])c1C([2H])([2H])[2H].[Ir]. The summed E-state index contributed by atoms with van der Waals surface area (Å²) >= 11 is -0.578. The van der Waals surface area contributed by atoms with Gasteiger partial charge in [0, 0.05) is 30.5 Å². The van der Waals surface area contributed by atoms with E-state index in [1.807, 2.05) is 25.2 Å². The fourth-order valence-corrected chi connectivity index (χ4v) is 12.8. The molecule has 10 rings (SSSR count). The summed E-state index contributed by atoms with van der Waals surface area (Å²) in [6.07, 6.45) is 0.154. The van der Waals surface area contributed by atoms with Gasteiger partial charge in [0.15, 0.2) is 0 Å². The zero-order valence-electron chi connectivity index (χ0n) is 46.0. The molecule has 0 saturated carbocycles. The number of aromatic nitrogens is 3. The molecule has 0 fully saturated rings. The third kappa shape index (κ3) is 9.51. The monoisotopic (exact) mass is 1130 g/mol. The summed E-state index contributed by atoms with van der Waals surface area (Å²) in [5.74, 6) is 7.86. The Morgan fingerprint density at radius 1 is 0.742 bits per heavy atom. The van der Waals surface area contributed by atoms with Crippen molar-refractivity contribution in [2.75, 3.05) is 0 Å². The van der Waals surface area contributed by atoms with E-state index in [0.717, 1.165) is 26.8 Å². The Labute approximate surface area is 421 Å². The molecule has 3 nitrogen and oxygen atoms in total. The van der Waals surface area contributed by atoms with Gasteiger partial charge >= 0.3 is 141 Å². The van der Waals surface area contributed by atoms with E-state index in [9.17, 15) is 0 Å². The van der Waals surface area contributed by atoms with Crippen LogP contribution in [0.1, 0.15) is 85.2 Å². The first-order valence-corrected chi connectivity index (χ1v) is 30.7. The van der Waals surface area contributed by atoms with Gasteiger partial charge in [0.2, 0.25) is 0 Å². The van der Waals surface area contributed by atoms with Crippen molar-refractivity contribution in [1.29, 1.82) is 0 Å². The van der Waals surface area contributed by atoms with Crippen molar-refractivity contribution in [1.82, 2.24) is 14.5 Å². The zero-order chi connectivity index (χ0) is 51.6. The first-order valence-electron chi connectivity index (χ1n) is 26.1. The second kappa shape index (κ2) is 19.6. The van der Waals surface area contributed by atoms with Crippen molar-refractivity contribution in [3.63, 3.8) is 0 Å². The molecule has 335 valence electrons. The largest absolute Gasteiger partial charge is 0 e. The number of fused-ring (bicyclic) bond motifs is 6. The van der Waals surface area contributed by atoms with Gasteiger partial charge in [-0.3, -0.25) is 4.98 Å².